The Hall–Kier alpha value is -3.21. The van der Waals surface area contributed by atoms with Gasteiger partial charge in [-0.05, 0) is 25.5 Å². The predicted molar refractivity (Wildman–Crippen MR) is 107 cm³/mol. The Bertz CT molecular complexity index is 1130. The minimum Gasteiger partial charge on any atom is -0.313 e. The summed E-state index contributed by atoms with van der Waals surface area (Å²) in [7, 11) is 0. The molecular formula is C19H18F3N7S. The summed E-state index contributed by atoms with van der Waals surface area (Å²) >= 11 is 1.24. The smallest absolute Gasteiger partial charge is 0.313 e. The SMILES string of the molecule is Cc1cc(C(F)(F)F)nn1[C@H](C)c1nnc(Nc2ccn(Cc3ccccc3)n2)s1. The molecule has 156 valence electrons. The molecule has 0 aliphatic heterocycles. The van der Waals surface area contributed by atoms with Gasteiger partial charge in [0.1, 0.15) is 11.0 Å². The van der Waals surface area contributed by atoms with Gasteiger partial charge < -0.3 is 5.32 Å². The maximum absolute atomic E-state index is 12.9. The third-order valence-corrected chi connectivity index (χ3v) is 5.45. The number of benzene rings is 1. The van der Waals surface area contributed by atoms with Crippen LogP contribution in [-0.2, 0) is 12.7 Å². The minimum atomic E-state index is -4.48. The number of anilines is 2. The van der Waals surface area contributed by atoms with Crippen molar-refractivity contribution in [2.24, 2.45) is 0 Å². The number of nitrogens with zero attached hydrogens (tertiary/aromatic N) is 6. The topological polar surface area (TPSA) is 73.5 Å². The molecule has 30 heavy (non-hydrogen) atoms. The Morgan fingerprint density at radius 3 is 2.57 bits per heavy atom. The number of aromatic nitrogens is 6. The number of aryl methyl sites for hydroxylation is 1. The fraction of sp³-hybridized carbons (Fsp3) is 0.263. The predicted octanol–water partition coefficient (Wildman–Crippen LogP) is 4.66. The fourth-order valence-electron chi connectivity index (χ4n) is 2.97. The third kappa shape index (κ3) is 4.35. The van der Waals surface area contributed by atoms with Crippen molar-refractivity contribution < 1.29 is 13.2 Å². The van der Waals surface area contributed by atoms with Gasteiger partial charge in [-0.15, -0.1) is 10.2 Å². The van der Waals surface area contributed by atoms with Crippen molar-refractivity contribution in [2.75, 3.05) is 5.32 Å². The van der Waals surface area contributed by atoms with E-state index in [0.29, 0.717) is 28.2 Å². The molecule has 0 saturated carbocycles. The van der Waals surface area contributed by atoms with Crippen LogP contribution < -0.4 is 5.32 Å². The van der Waals surface area contributed by atoms with Crippen LogP contribution >= 0.6 is 11.3 Å². The second kappa shape index (κ2) is 7.90. The zero-order chi connectivity index (χ0) is 21.3. The Kier molecular flexibility index (Phi) is 5.29. The molecule has 3 aromatic heterocycles. The summed E-state index contributed by atoms with van der Waals surface area (Å²) in [5.74, 6) is 0.607. The van der Waals surface area contributed by atoms with E-state index in [4.69, 9.17) is 0 Å². The molecule has 0 fully saturated rings. The van der Waals surface area contributed by atoms with Crippen molar-refractivity contribution in [3.8, 4) is 0 Å². The van der Waals surface area contributed by atoms with E-state index < -0.39 is 17.9 Å². The first-order valence-electron chi connectivity index (χ1n) is 9.11. The van der Waals surface area contributed by atoms with Gasteiger partial charge in [0.25, 0.3) is 0 Å². The average Bonchev–Trinajstić information content (AvgIpc) is 3.42. The highest BCUT2D eigenvalue weighted by atomic mass is 32.1. The number of nitrogens with one attached hydrogen (secondary N) is 1. The largest absolute Gasteiger partial charge is 0.435 e. The normalized spacial score (nSPS) is 12.8. The fourth-order valence-corrected chi connectivity index (χ4v) is 3.76. The second-order valence-corrected chi connectivity index (χ2v) is 7.75. The molecule has 0 radical (unpaired) electrons. The Balaban J connectivity index is 1.45. The highest BCUT2D eigenvalue weighted by Crippen LogP contribution is 2.31. The van der Waals surface area contributed by atoms with Gasteiger partial charge >= 0.3 is 6.18 Å². The Morgan fingerprint density at radius 1 is 1.10 bits per heavy atom. The van der Waals surface area contributed by atoms with Crippen molar-refractivity contribution in [1.29, 1.82) is 0 Å². The van der Waals surface area contributed by atoms with Gasteiger partial charge in [0.2, 0.25) is 5.13 Å². The van der Waals surface area contributed by atoms with Crippen LogP contribution in [0, 0.1) is 6.92 Å². The maximum atomic E-state index is 12.9. The summed E-state index contributed by atoms with van der Waals surface area (Å²) in [6.07, 6.45) is -2.63. The van der Waals surface area contributed by atoms with Crippen LogP contribution in [0.5, 0.6) is 0 Å². The van der Waals surface area contributed by atoms with Crippen LogP contribution in [0.4, 0.5) is 24.1 Å². The lowest BCUT2D eigenvalue weighted by molar-refractivity contribution is -0.141. The van der Waals surface area contributed by atoms with Crippen LogP contribution in [0.3, 0.4) is 0 Å². The van der Waals surface area contributed by atoms with Crippen molar-refractivity contribution in [3.63, 3.8) is 0 Å². The summed E-state index contributed by atoms with van der Waals surface area (Å²) in [5.41, 5.74) is 0.616. The van der Waals surface area contributed by atoms with Gasteiger partial charge in [0.05, 0.1) is 6.54 Å². The van der Waals surface area contributed by atoms with Gasteiger partial charge in [-0.25, -0.2) is 0 Å². The molecular weight excluding hydrogens is 415 g/mol. The standard InChI is InChI=1S/C19H18F3N7S/c1-12-10-15(19(20,21)22)26-29(12)13(2)17-24-25-18(30-17)23-16-8-9-28(27-16)11-14-6-4-3-5-7-14/h3-10,13H,11H2,1-2H3,(H,23,25,27)/t13-/m1/s1. The lowest BCUT2D eigenvalue weighted by atomic mass is 10.2. The number of rotatable bonds is 6. The monoisotopic (exact) mass is 433 g/mol. The summed E-state index contributed by atoms with van der Waals surface area (Å²) in [6.45, 7) is 3.96. The van der Waals surface area contributed by atoms with E-state index in [1.807, 2.05) is 42.6 Å². The zero-order valence-corrected chi connectivity index (χ0v) is 16.9. The van der Waals surface area contributed by atoms with Crippen molar-refractivity contribution in [2.45, 2.75) is 32.6 Å². The van der Waals surface area contributed by atoms with E-state index in [2.05, 4.69) is 25.7 Å². The summed E-state index contributed by atoms with van der Waals surface area (Å²) < 4.78 is 41.8. The first-order chi connectivity index (χ1) is 14.3. The third-order valence-electron chi connectivity index (χ3n) is 4.44. The molecule has 0 amide bonds. The molecule has 0 aliphatic rings. The Labute approximate surface area is 174 Å². The highest BCUT2D eigenvalue weighted by molar-refractivity contribution is 7.15. The zero-order valence-electron chi connectivity index (χ0n) is 16.1. The molecule has 3 heterocycles. The van der Waals surface area contributed by atoms with Crippen LogP contribution in [0.2, 0.25) is 0 Å². The lowest BCUT2D eigenvalue weighted by Crippen LogP contribution is -2.12. The van der Waals surface area contributed by atoms with Gasteiger partial charge in [-0.2, -0.15) is 23.4 Å². The van der Waals surface area contributed by atoms with E-state index in [1.54, 1.807) is 18.5 Å². The van der Waals surface area contributed by atoms with Gasteiger partial charge in [-0.1, -0.05) is 41.7 Å². The number of hydrogen-bond donors (Lipinski definition) is 1. The first-order valence-corrected chi connectivity index (χ1v) is 9.92. The quantitative estimate of drug-likeness (QED) is 0.479. The number of halogens is 3. The average molecular weight is 433 g/mol. The molecule has 4 rings (SSSR count). The highest BCUT2D eigenvalue weighted by Gasteiger charge is 2.35. The van der Waals surface area contributed by atoms with Crippen LogP contribution in [0.1, 0.15) is 34.9 Å². The van der Waals surface area contributed by atoms with Crippen LogP contribution in [0.25, 0.3) is 0 Å². The van der Waals surface area contributed by atoms with Crippen LogP contribution in [-0.4, -0.2) is 29.8 Å². The first kappa shape index (κ1) is 20.1. The molecule has 0 saturated heterocycles. The maximum Gasteiger partial charge on any atom is 0.435 e. The van der Waals surface area contributed by atoms with E-state index in [0.717, 1.165) is 11.6 Å². The molecule has 4 aromatic rings. The van der Waals surface area contributed by atoms with Crippen molar-refractivity contribution in [1.82, 2.24) is 29.8 Å². The minimum absolute atomic E-state index is 0.402. The molecule has 0 aliphatic carbocycles. The Morgan fingerprint density at radius 2 is 1.87 bits per heavy atom. The molecule has 1 N–H and O–H groups in total. The van der Waals surface area contributed by atoms with Gasteiger partial charge in [0, 0.05) is 18.0 Å². The van der Waals surface area contributed by atoms with Crippen molar-refractivity contribution in [3.05, 3.63) is 70.6 Å². The van der Waals surface area contributed by atoms with E-state index in [9.17, 15) is 13.2 Å². The number of hydrogen-bond acceptors (Lipinski definition) is 6. The molecule has 1 aromatic carbocycles. The van der Waals surface area contributed by atoms with Gasteiger partial charge in [0.15, 0.2) is 11.5 Å². The molecule has 11 heteroatoms. The van der Waals surface area contributed by atoms with E-state index >= 15 is 0 Å². The second-order valence-electron chi connectivity index (χ2n) is 6.74. The van der Waals surface area contributed by atoms with Crippen LogP contribution in [0.15, 0.2) is 48.7 Å². The van der Waals surface area contributed by atoms with E-state index in [-0.39, 0.29) is 0 Å². The van der Waals surface area contributed by atoms with E-state index in [1.165, 1.54) is 16.0 Å². The van der Waals surface area contributed by atoms with Crippen molar-refractivity contribution >= 4 is 22.3 Å². The number of alkyl halides is 3. The molecule has 0 bridgehead atoms. The molecule has 0 spiro atoms. The summed E-state index contributed by atoms with van der Waals surface area (Å²) in [4.78, 5) is 0. The molecule has 1 atom stereocenters. The lowest BCUT2D eigenvalue weighted by Gasteiger charge is -2.10. The molecule has 0 unspecified atom stereocenters. The summed E-state index contributed by atoms with van der Waals surface area (Å²) in [6, 6.07) is 12.3. The van der Waals surface area contributed by atoms with Gasteiger partial charge in [-0.3, -0.25) is 9.36 Å². The summed E-state index contributed by atoms with van der Waals surface area (Å²) in [5, 5.41) is 20.5. The molecule has 7 nitrogen and oxygen atoms in total.